The molecule has 0 heterocycles. The Bertz CT molecular complexity index is 167. The van der Waals surface area contributed by atoms with Crippen LogP contribution >= 0.6 is 0 Å². The fourth-order valence-electron chi connectivity index (χ4n) is 2.16. The summed E-state index contributed by atoms with van der Waals surface area (Å²) in [7, 11) is 0. The second kappa shape index (κ2) is 2.90. The lowest BCUT2D eigenvalue weighted by Crippen LogP contribution is -2.18. The smallest absolute Gasteiger partial charge is 0.00944 e. The molecule has 1 atom stereocenters. The van der Waals surface area contributed by atoms with E-state index in [1.165, 1.54) is 19.3 Å². The summed E-state index contributed by atoms with van der Waals surface area (Å²) in [4.78, 5) is 0. The molecule has 1 rings (SSSR count). The van der Waals surface area contributed by atoms with Gasteiger partial charge < -0.3 is 0 Å². The molecule has 1 aliphatic carbocycles. The fourth-order valence-corrected chi connectivity index (χ4v) is 2.16. The van der Waals surface area contributed by atoms with E-state index in [-0.39, 0.29) is 0 Å². The molecule has 0 nitrogen and oxygen atoms in total. The minimum absolute atomic E-state index is 0.470. The summed E-state index contributed by atoms with van der Waals surface area (Å²) in [5.41, 5.74) is 0.991. The first-order valence-electron chi connectivity index (χ1n) is 5.03. The fraction of sp³-hybridized carbons (Fsp3) is 0.833. The van der Waals surface area contributed by atoms with Gasteiger partial charge in [-0.05, 0) is 36.0 Å². The van der Waals surface area contributed by atoms with E-state index in [4.69, 9.17) is 0 Å². The van der Waals surface area contributed by atoms with Crippen LogP contribution in [0.2, 0.25) is 0 Å². The Morgan fingerprint density at radius 2 is 1.92 bits per heavy atom. The van der Waals surface area contributed by atoms with Crippen LogP contribution in [0.25, 0.3) is 0 Å². The third-order valence-corrected chi connectivity index (χ3v) is 3.13. The maximum atomic E-state index is 3.95. The zero-order valence-corrected chi connectivity index (χ0v) is 8.98. The van der Waals surface area contributed by atoms with Crippen molar-refractivity contribution in [3.63, 3.8) is 0 Å². The molecular formula is C12H22. The van der Waals surface area contributed by atoms with Crippen molar-refractivity contribution >= 4 is 0 Å². The molecule has 0 radical (unpaired) electrons. The maximum Gasteiger partial charge on any atom is -0.00944 e. The maximum absolute atomic E-state index is 3.95. The number of allylic oxidation sites excluding steroid dienone is 1. The Hall–Kier alpha value is -0.260. The highest BCUT2D eigenvalue weighted by Gasteiger charge is 2.45. The van der Waals surface area contributed by atoms with Crippen LogP contribution in [0.15, 0.2) is 12.7 Å². The Morgan fingerprint density at radius 1 is 1.42 bits per heavy atom. The molecule has 12 heavy (non-hydrogen) atoms. The molecule has 0 saturated heterocycles. The van der Waals surface area contributed by atoms with Crippen LogP contribution in [-0.2, 0) is 0 Å². The van der Waals surface area contributed by atoms with E-state index < -0.39 is 0 Å². The molecule has 0 bridgehead atoms. The standard InChI is InChI=1S/C12H22/c1-6-12(7-8-12)10(2)9-11(3,4)5/h6,10H,1,7-9H2,2-5H3. The molecule has 1 saturated carbocycles. The Balaban J connectivity index is 2.49. The predicted molar refractivity (Wildman–Crippen MR) is 55.1 cm³/mol. The van der Waals surface area contributed by atoms with Crippen molar-refractivity contribution < 1.29 is 0 Å². The van der Waals surface area contributed by atoms with E-state index in [1.807, 2.05) is 0 Å². The quantitative estimate of drug-likeness (QED) is 0.555. The summed E-state index contributed by atoms with van der Waals surface area (Å²) in [6.45, 7) is 13.3. The van der Waals surface area contributed by atoms with Crippen LogP contribution in [0.3, 0.4) is 0 Å². The van der Waals surface area contributed by atoms with E-state index in [1.54, 1.807) is 0 Å². The molecule has 1 unspecified atom stereocenters. The van der Waals surface area contributed by atoms with Gasteiger partial charge in [0.05, 0.1) is 0 Å². The summed E-state index contributed by atoms with van der Waals surface area (Å²) in [6, 6.07) is 0. The van der Waals surface area contributed by atoms with Crippen molar-refractivity contribution in [2.24, 2.45) is 16.7 Å². The van der Waals surface area contributed by atoms with Gasteiger partial charge >= 0.3 is 0 Å². The van der Waals surface area contributed by atoms with Crippen molar-refractivity contribution in [1.82, 2.24) is 0 Å². The van der Waals surface area contributed by atoms with Gasteiger partial charge in [0.15, 0.2) is 0 Å². The van der Waals surface area contributed by atoms with Gasteiger partial charge in [-0.1, -0.05) is 33.8 Å². The highest BCUT2D eigenvalue weighted by atomic mass is 14.5. The highest BCUT2D eigenvalue weighted by Crippen LogP contribution is 2.55. The van der Waals surface area contributed by atoms with Crippen LogP contribution < -0.4 is 0 Å². The van der Waals surface area contributed by atoms with Gasteiger partial charge in [0.2, 0.25) is 0 Å². The monoisotopic (exact) mass is 166 g/mol. The molecule has 0 N–H and O–H groups in total. The first-order chi connectivity index (χ1) is 5.40. The second-order valence-corrected chi connectivity index (χ2v) is 5.60. The SMILES string of the molecule is C=CC1(C(C)CC(C)(C)C)CC1. The molecule has 0 spiro atoms. The van der Waals surface area contributed by atoms with Gasteiger partial charge in [0.1, 0.15) is 0 Å². The van der Waals surface area contributed by atoms with Gasteiger partial charge in [-0.15, -0.1) is 6.58 Å². The normalized spacial score (nSPS) is 23.3. The summed E-state index contributed by atoms with van der Waals surface area (Å²) < 4.78 is 0. The van der Waals surface area contributed by atoms with Crippen molar-refractivity contribution in [2.45, 2.75) is 47.0 Å². The average molecular weight is 166 g/mol. The Labute approximate surface area is 77.1 Å². The lowest BCUT2D eigenvalue weighted by Gasteiger charge is -2.27. The molecule has 1 aliphatic rings. The van der Waals surface area contributed by atoms with Gasteiger partial charge in [-0.2, -0.15) is 0 Å². The third kappa shape index (κ3) is 2.12. The van der Waals surface area contributed by atoms with Crippen molar-refractivity contribution in [3.8, 4) is 0 Å². The van der Waals surface area contributed by atoms with E-state index >= 15 is 0 Å². The van der Waals surface area contributed by atoms with E-state index in [2.05, 4.69) is 40.3 Å². The van der Waals surface area contributed by atoms with Crippen LogP contribution in [0, 0.1) is 16.7 Å². The van der Waals surface area contributed by atoms with Gasteiger partial charge in [-0.25, -0.2) is 0 Å². The molecule has 0 aromatic carbocycles. The van der Waals surface area contributed by atoms with Gasteiger partial charge in [-0.3, -0.25) is 0 Å². The van der Waals surface area contributed by atoms with E-state index in [0.717, 1.165) is 5.92 Å². The Morgan fingerprint density at radius 3 is 2.17 bits per heavy atom. The summed E-state index contributed by atoms with van der Waals surface area (Å²) >= 11 is 0. The van der Waals surface area contributed by atoms with Crippen molar-refractivity contribution in [3.05, 3.63) is 12.7 Å². The second-order valence-electron chi connectivity index (χ2n) is 5.60. The van der Waals surface area contributed by atoms with Crippen molar-refractivity contribution in [2.75, 3.05) is 0 Å². The summed E-state index contributed by atoms with van der Waals surface area (Å²) in [5.74, 6) is 0.815. The first-order valence-corrected chi connectivity index (χ1v) is 5.03. The van der Waals surface area contributed by atoms with Gasteiger partial charge in [0, 0.05) is 0 Å². The highest BCUT2D eigenvalue weighted by molar-refractivity contribution is 5.08. The Kier molecular flexibility index (Phi) is 2.38. The molecule has 0 aromatic rings. The topological polar surface area (TPSA) is 0 Å². The van der Waals surface area contributed by atoms with Gasteiger partial charge in [0.25, 0.3) is 0 Å². The summed E-state index contributed by atoms with van der Waals surface area (Å²) in [5, 5.41) is 0. The zero-order valence-electron chi connectivity index (χ0n) is 8.98. The molecule has 70 valence electrons. The summed E-state index contributed by atoms with van der Waals surface area (Å²) in [6.07, 6.45) is 6.24. The van der Waals surface area contributed by atoms with Crippen LogP contribution in [0.1, 0.15) is 47.0 Å². The minimum atomic E-state index is 0.470. The molecule has 1 fully saturated rings. The first kappa shape index (κ1) is 9.83. The van der Waals surface area contributed by atoms with Crippen LogP contribution in [-0.4, -0.2) is 0 Å². The average Bonchev–Trinajstić information content (AvgIpc) is 2.62. The van der Waals surface area contributed by atoms with Crippen molar-refractivity contribution in [1.29, 1.82) is 0 Å². The largest absolute Gasteiger partial charge is 0.103 e. The lowest BCUT2D eigenvalue weighted by atomic mass is 9.78. The number of hydrogen-bond acceptors (Lipinski definition) is 0. The minimum Gasteiger partial charge on any atom is -0.103 e. The number of hydrogen-bond donors (Lipinski definition) is 0. The number of rotatable bonds is 3. The van der Waals surface area contributed by atoms with Crippen LogP contribution in [0.5, 0.6) is 0 Å². The molecular weight excluding hydrogens is 144 g/mol. The molecule has 0 amide bonds. The predicted octanol–water partition coefficient (Wildman–Crippen LogP) is 4.02. The molecule has 0 aliphatic heterocycles. The molecule has 0 heteroatoms. The third-order valence-electron chi connectivity index (χ3n) is 3.13. The molecule has 0 aromatic heterocycles. The zero-order chi connectivity index (χ0) is 9.41. The lowest BCUT2D eigenvalue weighted by molar-refractivity contribution is 0.253. The van der Waals surface area contributed by atoms with E-state index in [0.29, 0.717) is 10.8 Å². The van der Waals surface area contributed by atoms with E-state index in [9.17, 15) is 0 Å². The van der Waals surface area contributed by atoms with Crippen LogP contribution in [0.4, 0.5) is 0 Å².